The molecule has 0 saturated carbocycles. The molecule has 21 heavy (non-hydrogen) atoms. The standard InChI is InChI=1S/C12H8BrClF2N2O2S/c13-7-3-6(1-2-8(7)14)18-21(19,20)12-5-11(17)9(15)4-10(12)16/h1-5,18H,17H2. The molecule has 0 radical (unpaired) electrons. The molecule has 0 spiro atoms. The average Bonchev–Trinajstić information content (AvgIpc) is 2.37. The lowest BCUT2D eigenvalue weighted by molar-refractivity contribution is 0.553. The Balaban J connectivity index is 2.43. The molecule has 0 aliphatic rings. The topological polar surface area (TPSA) is 72.2 Å². The van der Waals surface area contributed by atoms with E-state index in [1.54, 1.807) is 0 Å². The zero-order valence-corrected chi connectivity index (χ0v) is 13.4. The maximum absolute atomic E-state index is 13.6. The molecular formula is C12H8BrClF2N2O2S. The van der Waals surface area contributed by atoms with E-state index in [0.717, 1.165) is 6.07 Å². The summed E-state index contributed by atoms with van der Waals surface area (Å²) < 4.78 is 53.5. The maximum Gasteiger partial charge on any atom is 0.264 e. The molecule has 9 heteroatoms. The van der Waals surface area contributed by atoms with Crippen molar-refractivity contribution >= 4 is 48.9 Å². The van der Waals surface area contributed by atoms with E-state index in [4.69, 9.17) is 17.3 Å². The Kier molecular flexibility index (Phi) is 4.40. The summed E-state index contributed by atoms with van der Waals surface area (Å²) in [5, 5.41) is 0.384. The molecule has 4 nitrogen and oxygen atoms in total. The largest absolute Gasteiger partial charge is 0.396 e. The van der Waals surface area contributed by atoms with Crippen LogP contribution in [0, 0.1) is 11.6 Å². The van der Waals surface area contributed by atoms with Crippen molar-refractivity contribution in [3.8, 4) is 0 Å². The Morgan fingerprint density at radius 3 is 2.43 bits per heavy atom. The number of hydrogen-bond acceptors (Lipinski definition) is 3. The van der Waals surface area contributed by atoms with E-state index in [1.807, 2.05) is 0 Å². The van der Waals surface area contributed by atoms with Crippen LogP contribution < -0.4 is 10.5 Å². The first-order valence-electron chi connectivity index (χ1n) is 5.43. The van der Waals surface area contributed by atoms with Gasteiger partial charge in [0.25, 0.3) is 10.0 Å². The van der Waals surface area contributed by atoms with Crippen LogP contribution in [0.3, 0.4) is 0 Å². The number of benzene rings is 2. The number of sulfonamides is 1. The second-order valence-electron chi connectivity index (χ2n) is 4.04. The molecule has 0 unspecified atom stereocenters. The van der Waals surface area contributed by atoms with Crippen molar-refractivity contribution in [1.29, 1.82) is 0 Å². The van der Waals surface area contributed by atoms with Crippen molar-refractivity contribution in [3.05, 3.63) is 51.5 Å². The maximum atomic E-state index is 13.6. The Morgan fingerprint density at radius 2 is 1.81 bits per heavy atom. The second-order valence-corrected chi connectivity index (χ2v) is 6.95. The number of rotatable bonds is 3. The SMILES string of the molecule is Nc1cc(S(=O)(=O)Nc2ccc(Cl)c(Br)c2)c(F)cc1F. The molecule has 2 aromatic rings. The number of nitrogen functional groups attached to an aromatic ring is 1. The third kappa shape index (κ3) is 3.45. The van der Waals surface area contributed by atoms with Gasteiger partial charge in [-0.15, -0.1) is 0 Å². The molecule has 0 aliphatic carbocycles. The predicted octanol–water partition coefficient (Wildman–Crippen LogP) is 3.76. The van der Waals surface area contributed by atoms with Gasteiger partial charge in [-0.25, -0.2) is 17.2 Å². The number of halogens is 4. The van der Waals surface area contributed by atoms with Gasteiger partial charge in [0, 0.05) is 10.5 Å². The number of anilines is 2. The minimum atomic E-state index is -4.25. The molecule has 2 aromatic carbocycles. The molecule has 0 amide bonds. The lowest BCUT2D eigenvalue weighted by Crippen LogP contribution is -2.15. The fourth-order valence-electron chi connectivity index (χ4n) is 1.52. The highest BCUT2D eigenvalue weighted by Crippen LogP contribution is 2.28. The normalized spacial score (nSPS) is 11.4. The van der Waals surface area contributed by atoms with Crippen molar-refractivity contribution < 1.29 is 17.2 Å². The first-order valence-corrected chi connectivity index (χ1v) is 8.08. The lowest BCUT2D eigenvalue weighted by atomic mass is 10.3. The number of hydrogen-bond donors (Lipinski definition) is 2. The van der Waals surface area contributed by atoms with Crippen LogP contribution in [0.15, 0.2) is 39.7 Å². The van der Waals surface area contributed by atoms with Gasteiger partial charge in [-0.1, -0.05) is 11.6 Å². The molecule has 0 bridgehead atoms. The van der Waals surface area contributed by atoms with Gasteiger partial charge in [-0.05, 0) is 40.2 Å². The third-order valence-corrected chi connectivity index (χ3v) is 5.12. The summed E-state index contributed by atoms with van der Waals surface area (Å²) in [6.07, 6.45) is 0. The summed E-state index contributed by atoms with van der Waals surface area (Å²) in [4.78, 5) is -0.743. The highest BCUT2D eigenvalue weighted by Gasteiger charge is 2.21. The smallest absolute Gasteiger partial charge is 0.264 e. The second kappa shape index (κ2) is 5.78. The average molecular weight is 398 g/mol. The van der Waals surface area contributed by atoms with E-state index in [9.17, 15) is 17.2 Å². The van der Waals surface area contributed by atoms with Crippen LogP contribution >= 0.6 is 27.5 Å². The first-order chi connectivity index (χ1) is 9.70. The van der Waals surface area contributed by atoms with Gasteiger partial charge in [-0.2, -0.15) is 0 Å². The number of nitrogens with one attached hydrogen (secondary N) is 1. The van der Waals surface area contributed by atoms with Crippen molar-refractivity contribution in [2.75, 3.05) is 10.5 Å². The highest BCUT2D eigenvalue weighted by atomic mass is 79.9. The number of nitrogens with two attached hydrogens (primary N) is 1. The van der Waals surface area contributed by atoms with Gasteiger partial charge in [0.05, 0.1) is 16.4 Å². The molecule has 112 valence electrons. The third-order valence-electron chi connectivity index (χ3n) is 2.51. The fourth-order valence-corrected chi connectivity index (χ4v) is 3.16. The molecule has 0 fully saturated rings. The van der Waals surface area contributed by atoms with Crippen LogP contribution in [0.5, 0.6) is 0 Å². The van der Waals surface area contributed by atoms with Gasteiger partial charge < -0.3 is 5.73 Å². The summed E-state index contributed by atoms with van der Waals surface area (Å²) in [7, 11) is -4.25. The fraction of sp³-hybridized carbons (Fsp3) is 0. The van der Waals surface area contributed by atoms with Crippen molar-refractivity contribution in [1.82, 2.24) is 0 Å². The van der Waals surface area contributed by atoms with Gasteiger partial charge in [0.15, 0.2) is 0 Å². The highest BCUT2D eigenvalue weighted by molar-refractivity contribution is 9.10. The van der Waals surface area contributed by atoms with Gasteiger partial charge >= 0.3 is 0 Å². The summed E-state index contributed by atoms with van der Waals surface area (Å²) in [5.41, 5.74) is 4.96. The predicted molar refractivity (Wildman–Crippen MR) is 80.7 cm³/mol. The van der Waals surface area contributed by atoms with Crippen molar-refractivity contribution in [2.45, 2.75) is 4.90 Å². The van der Waals surface area contributed by atoms with E-state index >= 15 is 0 Å². The van der Waals surface area contributed by atoms with Crippen molar-refractivity contribution in [3.63, 3.8) is 0 Å². The molecule has 2 rings (SSSR count). The first kappa shape index (κ1) is 16.0. The minimum absolute atomic E-state index is 0.161. The van der Waals surface area contributed by atoms with Gasteiger partial charge in [0.2, 0.25) is 0 Å². The van der Waals surface area contributed by atoms with Crippen LogP contribution in [-0.4, -0.2) is 8.42 Å². The quantitative estimate of drug-likeness (QED) is 0.775. The minimum Gasteiger partial charge on any atom is -0.396 e. The van der Waals surface area contributed by atoms with Crippen molar-refractivity contribution in [2.24, 2.45) is 0 Å². The summed E-state index contributed by atoms with van der Waals surface area (Å²) in [6, 6.07) is 5.40. The Labute approximate surface area is 133 Å². The molecule has 3 N–H and O–H groups in total. The van der Waals surface area contributed by atoms with Crippen LogP contribution in [0.1, 0.15) is 0 Å². The molecule has 0 atom stereocenters. The molecule has 0 heterocycles. The Bertz CT molecular complexity index is 815. The Morgan fingerprint density at radius 1 is 1.14 bits per heavy atom. The van der Waals surface area contributed by atoms with Crippen LogP contribution in [0.2, 0.25) is 5.02 Å². The van der Waals surface area contributed by atoms with E-state index in [2.05, 4.69) is 20.7 Å². The van der Waals surface area contributed by atoms with E-state index in [-0.39, 0.29) is 5.69 Å². The van der Waals surface area contributed by atoms with Crippen LogP contribution in [0.4, 0.5) is 20.2 Å². The van der Waals surface area contributed by atoms with E-state index in [0.29, 0.717) is 15.6 Å². The van der Waals surface area contributed by atoms with E-state index < -0.39 is 32.2 Å². The summed E-state index contributed by atoms with van der Waals surface area (Å²) in [5.74, 6) is -2.26. The molecule has 0 saturated heterocycles. The molecular weight excluding hydrogens is 390 g/mol. The zero-order valence-electron chi connectivity index (χ0n) is 10.2. The monoisotopic (exact) mass is 396 g/mol. The molecule has 0 aromatic heterocycles. The zero-order chi connectivity index (χ0) is 15.8. The Hall–Kier alpha value is -1.38. The summed E-state index contributed by atoms with van der Waals surface area (Å²) in [6.45, 7) is 0. The van der Waals surface area contributed by atoms with Gasteiger partial charge in [-0.3, -0.25) is 4.72 Å². The molecule has 0 aliphatic heterocycles. The van der Waals surface area contributed by atoms with Crippen LogP contribution in [-0.2, 0) is 10.0 Å². The lowest BCUT2D eigenvalue weighted by Gasteiger charge is -2.10. The van der Waals surface area contributed by atoms with Gasteiger partial charge in [0.1, 0.15) is 16.5 Å². The van der Waals surface area contributed by atoms with Crippen LogP contribution in [0.25, 0.3) is 0 Å². The van der Waals surface area contributed by atoms with E-state index in [1.165, 1.54) is 18.2 Å². The summed E-state index contributed by atoms with van der Waals surface area (Å²) >= 11 is 8.93.